The standard InChI is InChI=1S/C20H20ClN5O3/c1-25(12-19(28)23-14-8-6-13(21)7-9-14)11-18-24-16-5-3-2-4-15(16)20(29)26(18)10-17(22)27/h2-9H,10-12H2,1H3,(H2,22,27)(H,23,28). The Bertz CT molecular complexity index is 1110. The topological polar surface area (TPSA) is 110 Å². The largest absolute Gasteiger partial charge is 0.368 e. The number of anilines is 1. The number of nitrogens with zero attached hydrogens (tertiary/aromatic N) is 3. The minimum atomic E-state index is -0.645. The molecule has 0 aliphatic carbocycles. The maximum atomic E-state index is 12.8. The first-order valence-electron chi connectivity index (χ1n) is 8.84. The molecule has 2 aromatic carbocycles. The Morgan fingerprint density at radius 2 is 1.86 bits per heavy atom. The maximum Gasteiger partial charge on any atom is 0.261 e. The maximum absolute atomic E-state index is 12.8. The second-order valence-electron chi connectivity index (χ2n) is 6.63. The lowest BCUT2D eigenvalue weighted by Gasteiger charge is -2.19. The number of rotatable bonds is 7. The van der Waals surface area contributed by atoms with Crippen molar-refractivity contribution >= 4 is 40.0 Å². The summed E-state index contributed by atoms with van der Waals surface area (Å²) in [7, 11) is 1.72. The Morgan fingerprint density at radius 1 is 1.17 bits per heavy atom. The third-order valence-electron chi connectivity index (χ3n) is 4.21. The summed E-state index contributed by atoms with van der Waals surface area (Å²) in [6.45, 7) is -0.0416. The molecule has 0 saturated carbocycles. The van der Waals surface area contributed by atoms with Gasteiger partial charge in [0.15, 0.2) is 0 Å². The first kappa shape index (κ1) is 20.5. The third kappa shape index (κ3) is 5.18. The van der Waals surface area contributed by atoms with Crippen LogP contribution in [0.2, 0.25) is 5.02 Å². The number of halogens is 1. The second-order valence-corrected chi connectivity index (χ2v) is 7.07. The molecule has 0 saturated heterocycles. The van der Waals surface area contributed by atoms with Gasteiger partial charge < -0.3 is 11.1 Å². The molecule has 150 valence electrons. The van der Waals surface area contributed by atoms with Gasteiger partial charge >= 0.3 is 0 Å². The van der Waals surface area contributed by atoms with Crippen LogP contribution in [0.1, 0.15) is 5.82 Å². The molecular weight excluding hydrogens is 394 g/mol. The van der Waals surface area contributed by atoms with Gasteiger partial charge in [-0.2, -0.15) is 0 Å². The zero-order valence-corrected chi connectivity index (χ0v) is 16.5. The number of carbonyl (C=O) groups excluding carboxylic acids is 2. The van der Waals surface area contributed by atoms with Gasteiger partial charge in [-0.3, -0.25) is 23.9 Å². The molecule has 0 aliphatic heterocycles. The number of likely N-dealkylation sites (N-methyl/N-ethyl adjacent to an activating group) is 1. The van der Waals surface area contributed by atoms with Crippen molar-refractivity contribution in [1.82, 2.24) is 14.5 Å². The first-order valence-corrected chi connectivity index (χ1v) is 9.22. The van der Waals surface area contributed by atoms with E-state index in [4.69, 9.17) is 17.3 Å². The second kappa shape index (κ2) is 8.85. The van der Waals surface area contributed by atoms with E-state index in [9.17, 15) is 14.4 Å². The summed E-state index contributed by atoms with van der Waals surface area (Å²) in [5, 5.41) is 3.75. The fourth-order valence-electron chi connectivity index (χ4n) is 2.93. The third-order valence-corrected chi connectivity index (χ3v) is 4.46. The van der Waals surface area contributed by atoms with Crippen LogP contribution in [0.4, 0.5) is 5.69 Å². The Balaban J connectivity index is 1.78. The fraction of sp³-hybridized carbons (Fsp3) is 0.200. The Morgan fingerprint density at radius 3 is 2.55 bits per heavy atom. The summed E-state index contributed by atoms with van der Waals surface area (Å²) in [4.78, 5) is 42.7. The molecule has 0 bridgehead atoms. The molecule has 1 aromatic heterocycles. The van der Waals surface area contributed by atoms with Crippen molar-refractivity contribution in [3.8, 4) is 0 Å². The van der Waals surface area contributed by atoms with Gasteiger partial charge in [-0.25, -0.2) is 4.98 Å². The van der Waals surface area contributed by atoms with Crippen molar-refractivity contribution in [2.24, 2.45) is 5.73 Å². The zero-order chi connectivity index (χ0) is 21.0. The van der Waals surface area contributed by atoms with Crippen molar-refractivity contribution in [3.63, 3.8) is 0 Å². The molecule has 0 atom stereocenters. The van der Waals surface area contributed by atoms with Crippen molar-refractivity contribution in [1.29, 1.82) is 0 Å². The summed E-state index contributed by atoms with van der Waals surface area (Å²) in [5.41, 5.74) is 6.10. The average molecular weight is 414 g/mol. The lowest BCUT2D eigenvalue weighted by atomic mass is 10.2. The summed E-state index contributed by atoms with van der Waals surface area (Å²) in [6.07, 6.45) is 0. The monoisotopic (exact) mass is 413 g/mol. The van der Waals surface area contributed by atoms with E-state index in [2.05, 4.69) is 10.3 Å². The molecule has 0 radical (unpaired) electrons. The van der Waals surface area contributed by atoms with Crippen LogP contribution in [0.3, 0.4) is 0 Å². The Hall–Kier alpha value is -3.23. The van der Waals surface area contributed by atoms with E-state index >= 15 is 0 Å². The molecule has 8 nitrogen and oxygen atoms in total. The first-order chi connectivity index (χ1) is 13.8. The molecule has 3 aromatic rings. The van der Waals surface area contributed by atoms with Gasteiger partial charge in [0.05, 0.1) is 24.0 Å². The minimum Gasteiger partial charge on any atom is -0.368 e. The molecule has 9 heteroatoms. The van der Waals surface area contributed by atoms with Crippen molar-refractivity contribution in [3.05, 3.63) is 69.7 Å². The van der Waals surface area contributed by atoms with E-state index in [-0.39, 0.29) is 31.1 Å². The van der Waals surface area contributed by atoms with Crippen LogP contribution < -0.4 is 16.6 Å². The van der Waals surface area contributed by atoms with Gasteiger partial charge in [0.25, 0.3) is 5.56 Å². The summed E-state index contributed by atoms with van der Waals surface area (Å²) in [5.74, 6) is -0.526. The van der Waals surface area contributed by atoms with E-state index in [1.54, 1.807) is 60.5 Å². The molecule has 0 fully saturated rings. The van der Waals surface area contributed by atoms with E-state index in [0.29, 0.717) is 27.4 Å². The molecule has 29 heavy (non-hydrogen) atoms. The minimum absolute atomic E-state index is 0.0574. The zero-order valence-electron chi connectivity index (χ0n) is 15.8. The number of primary amides is 1. The van der Waals surface area contributed by atoms with Gasteiger partial charge in [0.2, 0.25) is 11.8 Å². The fourth-order valence-corrected chi connectivity index (χ4v) is 3.06. The number of para-hydroxylation sites is 1. The number of hydrogen-bond donors (Lipinski definition) is 2. The number of carbonyl (C=O) groups is 2. The molecule has 3 rings (SSSR count). The van der Waals surface area contributed by atoms with Crippen molar-refractivity contribution < 1.29 is 9.59 Å². The molecule has 0 aliphatic rings. The van der Waals surface area contributed by atoms with Gasteiger partial charge in [-0.05, 0) is 43.4 Å². The Kier molecular flexibility index (Phi) is 6.26. The van der Waals surface area contributed by atoms with Gasteiger partial charge in [-0.1, -0.05) is 23.7 Å². The number of nitrogens with two attached hydrogens (primary N) is 1. The summed E-state index contributed by atoms with van der Waals surface area (Å²) in [6, 6.07) is 13.7. The highest BCUT2D eigenvalue weighted by Gasteiger charge is 2.15. The Labute approximate surface area is 171 Å². The van der Waals surface area contributed by atoms with Crippen molar-refractivity contribution in [2.75, 3.05) is 18.9 Å². The quantitative estimate of drug-likeness (QED) is 0.611. The van der Waals surface area contributed by atoms with Crippen LogP contribution in [0.15, 0.2) is 53.3 Å². The molecule has 1 heterocycles. The van der Waals surface area contributed by atoms with Crippen LogP contribution in [0.25, 0.3) is 10.9 Å². The number of nitrogens with one attached hydrogen (secondary N) is 1. The van der Waals surface area contributed by atoms with Crippen LogP contribution >= 0.6 is 11.6 Å². The van der Waals surface area contributed by atoms with Crippen LogP contribution in [0.5, 0.6) is 0 Å². The number of fused-ring (bicyclic) bond motifs is 1. The van der Waals surface area contributed by atoms with Crippen LogP contribution in [-0.2, 0) is 22.7 Å². The van der Waals surface area contributed by atoms with Gasteiger partial charge in [0.1, 0.15) is 12.4 Å². The SMILES string of the molecule is CN(CC(=O)Nc1ccc(Cl)cc1)Cc1nc2ccccc2c(=O)n1CC(N)=O. The van der Waals surface area contributed by atoms with Crippen LogP contribution in [-0.4, -0.2) is 39.9 Å². The average Bonchev–Trinajstić information content (AvgIpc) is 2.66. The molecule has 0 unspecified atom stereocenters. The predicted molar refractivity (Wildman–Crippen MR) is 112 cm³/mol. The molecule has 3 N–H and O–H groups in total. The molecule has 0 spiro atoms. The van der Waals surface area contributed by atoms with E-state index in [1.807, 2.05) is 0 Å². The summed E-state index contributed by atoms with van der Waals surface area (Å²) >= 11 is 5.84. The molecule has 2 amide bonds. The number of benzene rings is 2. The van der Waals surface area contributed by atoms with E-state index < -0.39 is 5.91 Å². The predicted octanol–water partition coefficient (Wildman–Crippen LogP) is 1.61. The normalized spacial score (nSPS) is 11.0. The lowest BCUT2D eigenvalue weighted by molar-refractivity contribution is -0.119. The summed E-state index contributed by atoms with van der Waals surface area (Å²) < 4.78 is 1.25. The highest BCUT2D eigenvalue weighted by Crippen LogP contribution is 2.13. The molecular formula is C20H20ClN5O3. The van der Waals surface area contributed by atoms with Gasteiger partial charge in [-0.15, -0.1) is 0 Å². The van der Waals surface area contributed by atoms with Gasteiger partial charge in [0, 0.05) is 10.7 Å². The van der Waals surface area contributed by atoms with E-state index in [0.717, 1.165) is 0 Å². The van der Waals surface area contributed by atoms with Crippen LogP contribution in [0, 0.1) is 0 Å². The number of hydrogen-bond acceptors (Lipinski definition) is 5. The number of aromatic nitrogens is 2. The number of amides is 2. The highest BCUT2D eigenvalue weighted by molar-refractivity contribution is 6.30. The van der Waals surface area contributed by atoms with Crippen molar-refractivity contribution in [2.45, 2.75) is 13.1 Å². The highest BCUT2D eigenvalue weighted by atomic mass is 35.5. The lowest BCUT2D eigenvalue weighted by Crippen LogP contribution is -2.36. The smallest absolute Gasteiger partial charge is 0.261 e. The van der Waals surface area contributed by atoms with E-state index in [1.165, 1.54) is 4.57 Å².